The lowest BCUT2D eigenvalue weighted by Gasteiger charge is -2.04. The third-order valence-electron chi connectivity index (χ3n) is 3.98. The number of benzene rings is 2. The quantitative estimate of drug-likeness (QED) is 0.527. The molecule has 0 radical (unpaired) electrons. The largest absolute Gasteiger partial charge is 0.455 e. The van der Waals surface area contributed by atoms with Crippen molar-refractivity contribution in [3.63, 3.8) is 0 Å². The third kappa shape index (κ3) is 2.82. The second-order valence-corrected chi connectivity index (χ2v) is 5.72. The highest BCUT2D eigenvalue weighted by Gasteiger charge is 2.09. The Labute approximate surface area is 148 Å². The molecule has 0 aliphatic carbocycles. The maximum Gasteiger partial charge on any atom is 0.282 e. The first-order chi connectivity index (χ1) is 12.6. The van der Waals surface area contributed by atoms with E-state index in [2.05, 4.69) is 10.1 Å². The molecule has 6 heteroatoms. The van der Waals surface area contributed by atoms with E-state index >= 15 is 0 Å². The molecule has 0 unspecified atom stereocenters. The Bertz CT molecular complexity index is 1190. The Morgan fingerprint density at radius 1 is 1.08 bits per heavy atom. The fourth-order valence-corrected chi connectivity index (χ4v) is 2.71. The SMILES string of the molecule is Cc1nc2ccccc2c(=O)n1/N=C\c1ccc(-c2ccccc2F)o1. The van der Waals surface area contributed by atoms with Crippen LogP contribution < -0.4 is 5.56 Å². The Morgan fingerprint density at radius 3 is 2.69 bits per heavy atom. The fraction of sp³-hybridized carbons (Fsp3) is 0.0500. The zero-order valence-electron chi connectivity index (χ0n) is 13.9. The van der Waals surface area contributed by atoms with Crippen LogP contribution in [0.5, 0.6) is 0 Å². The lowest BCUT2D eigenvalue weighted by Crippen LogP contribution is -2.20. The molecular formula is C20H14FN3O2. The van der Waals surface area contributed by atoms with Crippen molar-refractivity contribution in [3.05, 3.63) is 88.4 Å². The topological polar surface area (TPSA) is 60.4 Å². The van der Waals surface area contributed by atoms with Crippen molar-refractivity contribution in [1.82, 2.24) is 9.66 Å². The Balaban J connectivity index is 1.71. The molecule has 4 aromatic rings. The van der Waals surface area contributed by atoms with Gasteiger partial charge in [-0.1, -0.05) is 24.3 Å². The van der Waals surface area contributed by atoms with Gasteiger partial charge in [0.1, 0.15) is 23.2 Å². The zero-order valence-corrected chi connectivity index (χ0v) is 13.9. The monoisotopic (exact) mass is 347 g/mol. The van der Waals surface area contributed by atoms with Gasteiger partial charge in [-0.15, -0.1) is 0 Å². The summed E-state index contributed by atoms with van der Waals surface area (Å²) < 4.78 is 20.7. The van der Waals surface area contributed by atoms with Crippen LogP contribution in [0.1, 0.15) is 11.6 Å². The van der Waals surface area contributed by atoms with Crippen molar-refractivity contribution >= 4 is 17.1 Å². The maximum atomic E-state index is 13.8. The van der Waals surface area contributed by atoms with Gasteiger partial charge in [0, 0.05) is 0 Å². The van der Waals surface area contributed by atoms with Crippen molar-refractivity contribution < 1.29 is 8.81 Å². The highest BCUT2D eigenvalue weighted by molar-refractivity contribution is 5.79. The van der Waals surface area contributed by atoms with Crippen LogP contribution in [0.25, 0.3) is 22.2 Å². The van der Waals surface area contributed by atoms with Gasteiger partial charge < -0.3 is 4.42 Å². The first-order valence-electron chi connectivity index (χ1n) is 8.01. The summed E-state index contributed by atoms with van der Waals surface area (Å²) in [5, 5.41) is 4.67. The summed E-state index contributed by atoms with van der Waals surface area (Å²) in [7, 11) is 0. The minimum Gasteiger partial charge on any atom is -0.455 e. The summed E-state index contributed by atoms with van der Waals surface area (Å²) in [4.78, 5) is 17.0. The predicted octanol–water partition coefficient (Wildman–Crippen LogP) is 3.99. The first kappa shape index (κ1) is 16.0. The molecule has 0 spiro atoms. The standard InChI is InChI=1S/C20H14FN3O2/c1-13-23-18-9-5-3-7-16(18)20(25)24(13)22-12-14-10-11-19(26-14)15-6-2-4-8-17(15)21/h2-12H,1H3/b22-12-. The predicted molar refractivity (Wildman–Crippen MR) is 97.8 cm³/mol. The summed E-state index contributed by atoms with van der Waals surface area (Å²) in [6.07, 6.45) is 1.41. The van der Waals surface area contributed by atoms with E-state index in [0.29, 0.717) is 33.8 Å². The van der Waals surface area contributed by atoms with E-state index in [4.69, 9.17) is 4.42 Å². The van der Waals surface area contributed by atoms with Crippen LogP contribution in [0.15, 0.2) is 75.0 Å². The normalized spacial score (nSPS) is 11.5. The first-order valence-corrected chi connectivity index (χ1v) is 8.01. The minimum atomic E-state index is -0.365. The number of furan rings is 1. The van der Waals surface area contributed by atoms with Gasteiger partial charge in [0.2, 0.25) is 0 Å². The molecule has 128 valence electrons. The molecule has 2 aromatic heterocycles. The maximum absolute atomic E-state index is 13.8. The van der Waals surface area contributed by atoms with Crippen LogP contribution in [0.4, 0.5) is 4.39 Å². The number of fused-ring (bicyclic) bond motifs is 1. The van der Waals surface area contributed by atoms with Gasteiger partial charge in [-0.3, -0.25) is 4.79 Å². The van der Waals surface area contributed by atoms with E-state index in [1.165, 1.54) is 17.0 Å². The summed E-state index contributed by atoms with van der Waals surface area (Å²) in [6, 6.07) is 16.8. The summed E-state index contributed by atoms with van der Waals surface area (Å²) in [5.74, 6) is 0.898. The van der Waals surface area contributed by atoms with Crippen molar-refractivity contribution in [1.29, 1.82) is 0 Å². The highest BCUT2D eigenvalue weighted by atomic mass is 19.1. The smallest absolute Gasteiger partial charge is 0.282 e. The Hall–Kier alpha value is -3.54. The number of nitrogens with zero attached hydrogens (tertiary/aromatic N) is 3. The Kier molecular flexibility index (Phi) is 3.93. The molecule has 0 aliphatic rings. The number of rotatable bonds is 3. The lowest BCUT2D eigenvalue weighted by molar-refractivity contribution is 0.562. The van der Waals surface area contributed by atoms with Crippen LogP contribution in [-0.4, -0.2) is 15.9 Å². The Morgan fingerprint density at radius 2 is 1.85 bits per heavy atom. The molecule has 0 saturated heterocycles. The average Bonchev–Trinajstić information content (AvgIpc) is 3.10. The number of hydrogen-bond acceptors (Lipinski definition) is 4. The summed E-state index contributed by atoms with van der Waals surface area (Å²) in [5.41, 5.74) is 0.736. The van der Waals surface area contributed by atoms with Gasteiger partial charge in [0.25, 0.3) is 5.56 Å². The number of hydrogen-bond donors (Lipinski definition) is 0. The van der Waals surface area contributed by atoms with E-state index in [1.807, 2.05) is 6.07 Å². The van der Waals surface area contributed by atoms with E-state index in [1.54, 1.807) is 55.5 Å². The molecule has 4 rings (SSSR count). The minimum absolute atomic E-state index is 0.259. The van der Waals surface area contributed by atoms with E-state index in [0.717, 1.165) is 0 Å². The van der Waals surface area contributed by atoms with Crippen LogP contribution in [0, 0.1) is 12.7 Å². The molecule has 0 atom stereocenters. The molecule has 0 saturated carbocycles. The number of para-hydroxylation sites is 1. The molecule has 0 bridgehead atoms. The van der Waals surface area contributed by atoms with Gasteiger partial charge in [-0.25, -0.2) is 9.37 Å². The highest BCUT2D eigenvalue weighted by Crippen LogP contribution is 2.24. The van der Waals surface area contributed by atoms with Crippen molar-refractivity contribution in [2.24, 2.45) is 5.10 Å². The van der Waals surface area contributed by atoms with Crippen molar-refractivity contribution in [2.75, 3.05) is 0 Å². The zero-order chi connectivity index (χ0) is 18.1. The summed E-state index contributed by atoms with van der Waals surface area (Å²) >= 11 is 0. The van der Waals surface area contributed by atoms with Crippen LogP contribution in [0.2, 0.25) is 0 Å². The summed E-state index contributed by atoms with van der Waals surface area (Å²) in [6.45, 7) is 1.71. The molecule has 5 nitrogen and oxygen atoms in total. The van der Waals surface area contributed by atoms with Gasteiger partial charge in [0.05, 0.1) is 22.7 Å². The number of halogens is 1. The van der Waals surface area contributed by atoms with Gasteiger partial charge in [0.15, 0.2) is 0 Å². The average molecular weight is 347 g/mol. The van der Waals surface area contributed by atoms with E-state index in [9.17, 15) is 9.18 Å². The van der Waals surface area contributed by atoms with E-state index in [-0.39, 0.29) is 11.4 Å². The molecule has 0 fully saturated rings. The molecular weight excluding hydrogens is 333 g/mol. The molecule has 0 N–H and O–H groups in total. The van der Waals surface area contributed by atoms with Crippen LogP contribution >= 0.6 is 0 Å². The van der Waals surface area contributed by atoms with E-state index < -0.39 is 0 Å². The van der Waals surface area contributed by atoms with Gasteiger partial charge in [-0.05, 0) is 43.3 Å². The second-order valence-electron chi connectivity index (χ2n) is 5.72. The van der Waals surface area contributed by atoms with Crippen molar-refractivity contribution in [2.45, 2.75) is 6.92 Å². The molecule has 2 aromatic carbocycles. The van der Waals surface area contributed by atoms with Crippen LogP contribution in [-0.2, 0) is 0 Å². The number of aromatic nitrogens is 2. The van der Waals surface area contributed by atoms with Gasteiger partial charge in [-0.2, -0.15) is 9.78 Å². The molecule has 0 aliphatic heterocycles. The van der Waals surface area contributed by atoms with Crippen LogP contribution in [0.3, 0.4) is 0 Å². The molecule has 2 heterocycles. The number of aryl methyl sites for hydroxylation is 1. The molecule has 26 heavy (non-hydrogen) atoms. The lowest BCUT2D eigenvalue weighted by atomic mass is 10.1. The second kappa shape index (κ2) is 6.40. The van der Waals surface area contributed by atoms with Crippen molar-refractivity contribution in [3.8, 4) is 11.3 Å². The molecule has 0 amide bonds. The fourth-order valence-electron chi connectivity index (χ4n) is 2.71. The van der Waals surface area contributed by atoms with Gasteiger partial charge >= 0.3 is 0 Å². The third-order valence-corrected chi connectivity index (χ3v) is 3.98.